The van der Waals surface area contributed by atoms with Crippen LogP contribution in [-0.4, -0.2) is 65.8 Å². The molecule has 0 aliphatic rings. The Bertz CT molecular complexity index is 310. The number of hydrogen-bond donors (Lipinski definition) is 1. The quantitative estimate of drug-likeness (QED) is 0.705. The Hall–Kier alpha value is -1.30. The van der Waals surface area contributed by atoms with E-state index in [2.05, 4.69) is 0 Å². The second kappa shape index (κ2) is 9.58. The third-order valence-electron chi connectivity index (χ3n) is 3.58. The first-order chi connectivity index (χ1) is 9.38. The summed E-state index contributed by atoms with van der Waals surface area (Å²) in [6, 6.07) is -0.279. The number of rotatable bonds is 9. The third-order valence-corrected chi connectivity index (χ3v) is 3.58. The van der Waals surface area contributed by atoms with Gasteiger partial charge in [0.05, 0.1) is 6.61 Å². The Morgan fingerprint density at radius 1 is 1.10 bits per heavy atom. The lowest BCUT2D eigenvalue weighted by atomic mass is 10.2. The molecule has 0 aliphatic carbocycles. The van der Waals surface area contributed by atoms with Crippen molar-refractivity contribution in [1.29, 1.82) is 0 Å². The minimum absolute atomic E-state index is 0.0537. The summed E-state index contributed by atoms with van der Waals surface area (Å²) in [7, 11) is 1.59. The number of carboxylic acids is 1. The van der Waals surface area contributed by atoms with E-state index in [1.165, 1.54) is 4.90 Å². The van der Waals surface area contributed by atoms with Crippen molar-refractivity contribution >= 4 is 12.0 Å². The van der Waals surface area contributed by atoms with Gasteiger partial charge in [0.2, 0.25) is 0 Å². The van der Waals surface area contributed by atoms with Crippen LogP contribution < -0.4 is 0 Å². The Kier molecular flexibility index (Phi) is 8.96. The number of aliphatic carboxylic acids is 1. The zero-order chi connectivity index (χ0) is 15.7. The number of ether oxygens (including phenoxy) is 1. The molecule has 2 amide bonds. The molecule has 0 bridgehead atoms. The van der Waals surface area contributed by atoms with Crippen LogP contribution in [0, 0.1) is 0 Å². The van der Waals surface area contributed by atoms with Crippen molar-refractivity contribution in [3.05, 3.63) is 0 Å². The molecule has 2 atom stereocenters. The molecular formula is C14H28N2O4. The van der Waals surface area contributed by atoms with Crippen LogP contribution in [0.5, 0.6) is 0 Å². The predicted molar refractivity (Wildman–Crippen MR) is 77.8 cm³/mol. The van der Waals surface area contributed by atoms with E-state index in [9.17, 15) is 9.59 Å². The highest BCUT2D eigenvalue weighted by atomic mass is 16.5. The number of urea groups is 1. The van der Waals surface area contributed by atoms with Gasteiger partial charge in [-0.15, -0.1) is 0 Å². The molecule has 2 unspecified atom stereocenters. The van der Waals surface area contributed by atoms with E-state index in [4.69, 9.17) is 9.84 Å². The standard InChI is InChI=1S/C14H28N2O4/c1-6-11(3)15(8-9-20-5)14(19)16(10-13(17)18)12(4)7-2/h11-12H,6-10H2,1-5H3,(H,17,18). The summed E-state index contributed by atoms with van der Waals surface area (Å²) in [5.41, 5.74) is 0. The van der Waals surface area contributed by atoms with Crippen molar-refractivity contribution in [1.82, 2.24) is 9.80 Å². The van der Waals surface area contributed by atoms with Gasteiger partial charge in [0.25, 0.3) is 0 Å². The Balaban J connectivity index is 5.06. The topological polar surface area (TPSA) is 70.1 Å². The maximum atomic E-state index is 12.6. The van der Waals surface area contributed by atoms with E-state index in [0.29, 0.717) is 13.2 Å². The first-order valence-electron chi connectivity index (χ1n) is 7.16. The fraction of sp³-hybridized carbons (Fsp3) is 0.857. The van der Waals surface area contributed by atoms with Crippen molar-refractivity contribution in [3.63, 3.8) is 0 Å². The molecule has 0 aromatic heterocycles. The molecule has 0 saturated carbocycles. The number of carbonyl (C=O) groups is 2. The average Bonchev–Trinajstić information content (AvgIpc) is 2.43. The third kappa shape index (κ3) is 5.77. The first kappa shape index (κ1) is 18.7. The van der Waals surface area contributed by atoms with Crippen molar-refractivity contribution < 1.29 is 19.4 Å². The normalized spacial score (nSPS) is 13.7. The number of methoxy groups -OCH3 is 1. The molecule has 6 heteroatoms. The van der Waals surface area contributed by atoms with Crippen molar-refractivity contribution in [2.75, 3.05) is 26.8 Å². The van der Waals surface area contributed by atoms with E-state index in [-0.39, 0.29) is 24.7 Å². The van der Waals surface area contributed by atoms with Crippen LogP contribution in [0.15, 0.2) is 0 Å². The van der Waals surface area contributed by atoms with Crippen LogP contribution in [0.25, 0.3) is 0 Å². The van der Waals surface area contributed by atoms with Gasteiger partial charge in [-0.1, -0.05) is 13.8 Å². The van der Waals surface area contributed by atoms with Crippen molar-refractivity contribution in [2.24, 2.45) is 0 Å². The van der Waals surface area contributed by atoms with Crippen LogP contribution in [0.1, 0.15) is 40.5 Å². The van der Waals surface area contributed by atoms with Gasteiger partial charge in [-0.05, 0) is 26.7 Å². The highest BCUT2D eigenvalue weighted by Gasteiger charge is 2.28. The molecule has 6 nitrogen and oxygen atoms in total. The van der Waals surface area contributed by atoms with Crippen LogP contribution in [0.2, 0.25) is 0 Å². The van der Waals surface area contributed by atoms with Crippen LogP contribution in [-0.2, 0) is 9.53 Å². The van der Waals surface area contributed by atoms with E-state index in [1.807, 2.05) is 27.7 Å². The van der Waals surface area contributed by atoms with Gasteiger partial charge in [0.15, 0.2) is 0 Å². The van der Waals surface area contributed by atoms with E-state index < -0.39 is 5.97 Å². The monoisotopic (exact) mass is 288 g/mol. The van der Waals surface area contributed by atoms with Crippen LogP contribution >= 0.6 is 0 Å². The van der Waals surface area contributed by atoms with E-state index in [1.54, 1.807) is 12.0 Å². The second-order valence-electron chi connectivity index (χ2n) is 5.00. The number of amides is 2. The highest BCUT2D eigenvalue weighted by molar-refractivity contribution is 5.80. The van der Waals surface area contributed by atoms with Crippen molar-refractivity contribution in [3.8, 4) is 0 Å². The minimum Gasteiger partial charge on any atom is -0.480 e. The molecule has 0 aromatic rings. The van der Waals surface area contributed by atoms with Gasteiger partial charge in [0, 0.05) is 25.7 Å². The predicted octanol–water partition coefficient (Wildman–Crippen LogP) is 2.04. The molecule has 0 saturated heterocycles. The summed E-state index contributed by atoms with van der Waals surface area (Å²) in [5.74, 6) is -0.991. The summed E-state index contributed by atoms with van der Waals surface area (Å²) in [5, 5.41) is 8.99. The molecule has 0 aliphatic heterocycles. The maximum Gasteiger partial charge on any atom is 0.323 e. The Morgan fingerprint density at radius 3 is 2.00 bits per heavy atom. The highest BCUT2D eigenvalue weighted by Crippen LogP contribution is 2.12. The van der Waals surface area contributed by atoms with E-state index >= 15 is 0 Å². The molecule has 20 heavy (non-hydrogen) atoms. The number of carbonyl (C=O) groups excluding carboxylic acids is 1. The number of hydrogen-bond acceptors (Lipinski definition) is 3. The number of nitrogens with zero attached hydrogens (tertiary/aromatic N) is 2. The summed E-state index contributed by atoms with van der Waals surface area (Å²) in [4.78, 5) is 26.7. The van der Waals surface area contributed by atoms with Crippen LogP contribution in [0.4, 0.5) is 4.79 Å². The molecule has 0 rings (SSSR count). The second-order valence-corrected chi connectivity index (χ2v) is 5.00. The number of carboxylic acid groups (broad SMARTS) is 1. The smallest absolute Gasteiger partial charge is 0.323 e. The maximum absolute atomic E-state index is 12.6. The molecular weight excluding hydrogens is 260 g/mol. The molecule has 0 heterocycles. The molecule has 1 N–H and O–H groups in total. The Morgan fingerprint density at radius 2 is 1.60 bits per heavy atom. The van der Waals surface area contributed by atoms with Gasteiger partial charge in [-0.25, -0.2) is 4.79 Å². The Labute approximate surface area is 121 Å². The van der Waals surface area contributed by atoms with E-state index in [0.717, 1.165) is 12.8 Å². The van der Waals surface area contributed by atoms with Crippen LogP contribution in [0.3, 0.4) is 0 Å². The first-order valence-corrected chi connectivity index (χ1v) is 7.16. The largest absolute Gasteiger partial charge is 0.480 e. The SMILES string of the molecule is CCC(C)N(CCOC)C(=O)N(CC(=O)O)C(C)CC. The summed E-state index contributed by atoms with van der Waals surface area (Å²) < 4.78 is 5.04. The zero-order valence-electron chi connectivity index (χ0n) is 13.3. The van der Waals surface area contributed by atoms with Gasteiger partial charge in [-0.3, -0.25) is 4.79 Å². The molecule has 0 spiro atoms. The van der Waals surface area contributed by atoms with Gasteiger partial charge >= 0.3 is 12.0 Å². The lowest BCUT2D eigenvalue weighted by molar-refractivity contribution is -0.138. The molecule has 0 radical (unpaired) electrons. The summed E-state index contributed by atoms with van der Waals surface area (Å²) in [6.45, 7) is 8.41. The lowest BCUT2D eigenvalue weighted by Crippen LogP contribution is -2.52. The average molecular weight is 288 g/mol. The van der Waals surface area contributed by atoms with Gasteiger partial charge in [0.1, 0.15) is 6.54 Å². The minimum atomic E-state index is -0.991. The lowest BCUT2D eigenvalue weighted by Gasteiger charge is -2.36. The van der Waals surface area contributed by atoms with Gasteiger partial charge in [-0.2, -0.15) is 0 Å². The fourth-order valence-corrected chi connectivity index (χ4v) is 1.86. The molecule has 0 aromatic carbocycles. The van der Waals surface area contributed by atoms with Crippen molar-refractivity contribution in [2.45, 2.75) is 52.6 Å². The zero-order valence-corrected chi connectivity index (χ0v) is 13.3. The van der Waals surface area contributed by atoms with Gasteiger partial charge < -0.3 is 19.6 Å². The molecule has 118 valence electrons. The summed E-state index contributed by atoms with van der Waals surface area (Å²) in [6.07, 6.45) is 1.54. The summed E-state index contributed by atoms with van der Waals surface area (Å²) >= 11 is 0. The fourth-order valence-electron chi connectivity index (χ4n) is 1.86. The molecule has 0 fully saturated rings.